The molecule has 1 aromatic heterocycles. The van der Waals surface area contributed by atoms with Gasteiger partial charge in [0.05, 0.1) is 24.3 Å². The molecule has 134 valence electrons. The molecule has 0 saturated heterocycles. The van der Waals surface area contributed by atoms with Crippen LogP contribution < -0.4 is 10.4 Å². The van der Waals surface area contributed by atoms with Crippen LogP contribution in [0.4, 0.5) is 0 Å². The summed E-state index contributed by atoms with van der Waals surface area (Å²) in [5.74, 6) is 0. The van der Waals surface area contributed by atoms with E-state index in [0.29, 0.717) is 0 Å². The van der Waals surface area contributed by atoms with Gasteiger partial charge in [0.25, 0.3) is 0 Å². The van der Waals surface area contributed by atoms with Gasteiger partial charge in [-0.1, -0.05) is 88.0 Å². The van der Waals surface area contributed by atoms with Gasteiger partial charge in [0.1, 0.15) is 0 Å². The summed E-state index contributed by atoms with van der Waals surface area (Å²) in [6.07, 6.45) is 5.37. The second-order valence-electron chi connectivity index (χ2n) is 7.49. The maximum Gasteiger partial charge on any atom is 0.240 e. The quantitative estimate of drug-likeness (QED) is 0.626. The minimum atomic E-state index is -1.86. The number of rotatable bonds is 6. The SMILES string of the molecule is C=Cn1cncc1C(O[SiH](c1ccccc1)c1ccccc1)C(C)(C)C. The zero-order chi connectivity index (χ0) is 18.6. The zero-order valence-corrected chi connectivity index (χ0v) is 16.8. The molecule has 1 heterocycles. The molecule has 26 heavy (non-hydrogen) atoms. The van der Waals surface area contributed by atoms with E-state index in [4.69, 9.17) is 4.43 Å². The number of nitrogens with zero attached hydrogens (tertiary/aromatic N) is 2. The molecule has 0 bridgehead atoms. The first-order valence-corrected chi connectivity index (χ1v) is 10.5. The second kappa shape index (κ2) is 7.85. The summed E-state index contributed by atoms with van der Waals surface area (Å²) >= 11 is 0. The Labute approximate surface area is 157 Å². The summed E-state index contributed by atoms with van der Waals surface area (Å²) in [6, 6.07) is 21.1. The summed E-state index contributed by atoms with van der Waals surface area (Å²) in [5, 5.41) is 2.55. The Balaban J connectivity index is 2.04. The maximum atomic E-state index is 6.90. The van der Waals surface area contributed by atoms with E-state index in [-0.39, 0.29) is 11.5 Å². The van der Waals surface area contributed by atoms with Gasteiger partial charge in [-0.3, -0.25) is 0 Å². The standard InChI is InChI=1S/C22H26N2OSi/c1-5-24-17-23-16-20(24)21(22(2,3)4)25-26(18-12-8-6-9-13-18)19-14-10-7-11-15-19/h5-17,21,26H,1H2,2-4H3. The monoisotopic (exact) mass is 362 g/mol. The van der Waals surface area contributed by atoms with Crippen molar-refractivity contribution in [1.29, 1.82) is 0 Å². The Morgan fingerprint density at radius 1 is 1.00 bits per heavy atom. The van der Waals surface area contributed by atoms with Crippen molar-refractivity contribution in [3.63, 3.8) is 0 Å². The van der Waals surface area contributed by atoms with E-state index < -0.39 is 9.04 Å². The lowest BCUT2D eigenvalue weighted by molar-refractivity contribution is 0.0846. The van der Waals surface area contributed by atoms with Crippen LogP contribution in [0.25, 0.3) is 6.20 Å². The van der Waals surface area contributed by atoms with E-state index in [0.717, 1.165) is 5.69 Å². The Bertz CT molecular complexity index is 798. The summed E-state index contributed by atoms with van der Waals surface area (Å²) < 4.78 is 8.86. The van der Waals surface area contributed by atoms with Gasteiger partial charge in [-0.25, -0.2) is 4.98 Å². The van der Waals surface area contributed by atoms with Gasteiger partial charge >= 0.3 is 0 Å². The van der Waals surface area contributed by atoms with Crippen molar-refractivity contribution in [1.82, 2.24) is 9.55 Å². The Kier molecular flexibility index (Phi) is 5.54. The van der Waals surface area contributed by atoms with Gasteiger partial charge in [-0.05, 0) is 15.8 Å². The molecule has 0 fully saturated rings. The van der Waals surface area contributed by atoms with Crippen molar-refractivity contribution < 1.29 is 4.43 Å². The maximum absolute atomic E-state index is 6.90. The summed E-state index contributed by atoms with van der Waals surface area (Å²) in [7, 11) is -1.86. The molecule has 0 spiro atoms. The molecule has 3 aromatic rings. The molecule has 0 radical (unpaired) electrons. The molecule has 1 unspecified atom stereocenters. The normalized spacial score (nSPS) is 12.9. The highest BCUT2D eigenvalue weighted by molar-refractivity contribution is 6.80. The molecule has 0 saturated carbocycles. The molecule has 3 rings (SSSR count). The van der Waals surface area contributed by atoms with E-state index in [9.17, 15) is 0 Å². The summed E-state index contributed by atoms with van der Waals surface area (Å²) in [4.78, 5) is 4.31. The Morgan fingerprint density at radius 3 is 2.00 bits per heavy atom. The van der Waals surface area contributed by atoms with E-state index in [1.54, 1.807) is 12.5 Å². The van der Waals surface area contributed by atoms with Crippen molar-refractivity contribution in [2.75, 3.05) is 0 Å². The second-order valence-corrected chi connectivity index (χ2v) is 9.86. The Hall–Kier alpha value is -2.43. The number of hydrogen-bond donors (Lipinski definition) is 0. The van der Waals surface area contributed by atoms with Gasteiger partial charge in [-0.15, -0.1) is 0 Å². The number of aromatic nitrogens is 2. The molecular weight excluding hydrogens is 336 g/mol. The highest BCUT2D eigenvalue weighted by Crippen LogP contribution is 2.36. The third-order valence-corrected chi connectivity index (χ3v) is 6.95. The van der Waals surface area contributed by atoms with Crippen LogP contribution >= 0.6 is 0 Å². The lowest BCUT2D eigenvalue weighted by Crippen LogP contribution is -2.47. The van der Waals surface area contributed by atoms with Gasteiger partial charge < -0.3 is 8.99 Å². The molecule has 2 aromatic carbocycles. The van der Waals surface area contributed by atoms with Crippen LogP contribution in [0.5, 0.6) is 0 Å². The van der Waals surface area contributed by atoms with Crippen molar-refractivity contribution in [2.24, 2.45) is 5.41 Å². The average molecular weight is 363 g/mol. The molecular formula is C22H26N2OSi. The van der Waals surface area contributed by atoms with Crippen LogP contribution in [0.15, 0.2) is 79.8 Å². The summed E-state index contributed by atoms with van der Waals surface area (Å²) in [5.41, 5.74) is 0.965. The van der Waals surface area contributed by atoms with E-state index in [1.807, 2.05) is 22.9 Å². The zero-order valence-electron chi connectivity index (χ0n) is 15.7. The van der Waals surface area contributed by atoms with Crippen molar-refractivity contribution in [3.8, 4) is 0 Å². The first-order valence-electron chi connectivity index (χ1n) is 8.90. The molecule has 3 nitrogen and oxygen atoms in total. The van der Waals surface area contributed by atoms with Crippen LogP contribution in [0.1, 0.15) is 32.6 Å². The minimum Gasteiger partial charge on any atom is -0.402 e. The van der Waals surface area contributed by atoms with Gasteiger partial charge in [0.2, 0.25) is 9.04 Å². The third-order valence-electron chi connectivity index (χ3n) is 4.42. The number of benzene rings is 2. The molecule has 0 N–H and O–H groups in total. The van der Waals surface area contributed by atoms with Crippen LogP contribution in [-0.2, 0) is 4.43 Å². The largest absolute Gasteiger partial charge is 0.402 e. The van der Waals surface area contributed by atoms with E-state index in [2.05, 4.69) is 80.9 Å². The molecule has 0 amide bonds. The highest BCUT2D eigenvalue weighted by Gasteiger charge is 2.33. The van der Waals surface area contributed by atoms with Crippen molar-refractivity contribution >= 4 is 25.6 Å². The van der Waals surface area contributed by atoms with Crippen molar-refractivity contribution in [3.05, 3.63) is 85.5 Å². The first-order chi connectivity index (χ1) is 12.5. The number of imidazole rings is 1. The minimum absolute atomic E-state index is 0.0738. The molecule has 0 aliphatic rings. The van der Waals surface area contributed by atoms with Gasteiger partial charge in [-0.2, -0.15) is 0 Å². The fraction of sp³-hybridized carbons (Fsp3) is 0.227. The first kappa shape index (κ1) is 18.4. The van der Waals surface area contributed by atoms with Crippen LogP contribution in [-0.4, -0.2) is 18.6 Å². The average Bonchev–Trinajstić information content (AvgIpc) is 3.11. The molecule has 0 aliphatic carbocycles. The topological polar surface area (TPSA) is 27.1 Å². The Morgan fingerprint density at radius 2 is 1.54 bits per heavy atom. The number of hydrogen-bond acceptors (Lipinski definition) is 2. The van der Waals surface area contributed by atoms with Gasteiger partial charge in [0, 0.05) is 6.20 Å². The fourth-order valence-corrected chi connectivity index (χ4v) is 5.79. The summed E-state index contributed by atoms with van der Waals surface area (Å²) in [6.45, 7) is 10.5. The molecule has 0 aliphatic heterocycles. The van der Waals surface area contributed by atoms with Crippen LogP contribution in [0.3, 0.4) is 0 Å². The van der Waals surface area contributed by atoms with Crippen LogP contribution in [0, 0.1) is 5.41 Å². The lowest BCUT2D eigenvalue weighted by atomic mass is 9.87. The van der Waals surface area contributed by atoms with E-state index in [1.165, 1.54) is 10.4 Å². The van der Waals surface area contributed by atoms with E-state index >= 15 is 0 Å². The van der Waals surface area contributed by atoms with Gasteiger partial charge in [0.15, 0.2) is 0 Å². The predicted molar refractivity (Wildman–Crippen MR) is 111 cm³/mol. The van der Waals surface area contributed by atoms with Crippen molar-refractivity contribution in [2.45, 2.75) is 26.9 Å². The molecule has 1 atom stereocenters. The lowest BCUT2D eigenvalue weighted by Gasteiger charge is -2.34. The smallest absolute Gasteiger partial charge is 0.240 e. The fourth-order valence-electron chi connectivity index (χ4n) is 3.13. The highest BCUT2D eigenvalue weighted by atomic mass is 28.3. The molecule has 4 heteroatoms. The van der Waals surface area contributed by atoms with Crippen LogP contribution in [0.2, 0.25) is 0 Å². The predicted octanol–water partition coefficient (Wildman–Crippen LogP) is 3.63. The third kappa shape index (κ3) is 4.03.